The number of aromatic nitrogens is 1. The molecule has 0 bridgehead atoms. The van der Waals surface area contributed by atoms with E-state index in [0.29, 0.717) is 5.56 Å². The number of hydrogen-bond acceptors (Lipinski definition) is 3. The van der Waals surface area contributed by atoms with Crippen LogP contribution < -0.4 is 5.56 Å². The van der Waals surface area contributed by atoms with Crippen LogP contribution in [0.15, 0.2) is 29.2 Å². The van der Waals surface area contributed by atoms with Crippen LogP contribution in [-0.4, -0.2) is 10.1 Å². The molecule has 1 N–H and O–H groups in total. The van der Waals surface area contributed by atoms with Gasteiger partial charge in [-0.05, 0) is 5.56 Å². The maximum atomic E-state index is 10.5. The zero-order valence-electron chi connectivity index (χ0n) is 5.32. The van der Waals surface area contributed by atoms with Gasteiger partial charge in [0.25, 0.3) is 5.56 Å². The second kappa shape index (κ2) is 3.08. The number of hydrogen-bond donors (Lipinski definition) is 1. The molecule has 1 aromatic rings. The number of aliphatic hydroxyl groups is 1. The molecule has 1 aromatic heterocycles. The largest absolute Gasteiger partial charge is 0.392 e. The summed E-state index contributed by atoms with van der Waals surface area (Å²) in [5.74, 6) is 0. The summed E-state index contributed by atoms with van der Waals surface area (Å²) in [6.45, 7) is -0.0822. The zero-order valence-corrected chi connectivity index (χ0v) is 5.32. The summed E-state index contributed by atoms with van der Waals surface area (Å²) in [6.07, 6.45) is 1.36. The van der Waals surface area contributed by atoms with Crippen LogP contribution in [0.4, 0.5) is 0 Å². The third kappa shape index (κ3) is 1.63. The number of nitrogens with zero attached hydrogens (tertiary/aromatic N) is 1. The quantitative estimate of drug-likeness (QED) is 0.589. The van der Waals surface area contributed by atoms with Gasteiger partial charge in [0, 0.05) is 12.3 Å². The maximum Gasteiger partial charge on any atom is 0.269 e. The van der Waals surface area contributed by atoms with Gasteiger partial charge >= 0.3 is 0 Å². The van der Waals surface area contributed by atoms with Gasteiger partial charge in [0.15, 0.2) is 0 Å². The molecule has 0 saturated heterocycles. The molecule has 10 heavy (non-hydrogen) atoms. The molecule has 0 amide bonds. The molecule has 0 aliphatic heterocycles. The molecule has 1 rings (SSSR count). The van der Waals surface area contributed by atoms with Crippen LogP contribution in [0.25, 0.3) is 0 Å². The van der Waals surface area contributed by atoms with Crippen molar-refractivity contribution in [3.63, 3.8) is 0 Å². The molecule has 52 valence electrons. The Morgan fingerprint density at radius 1 is 1.50 bits per heavy atom. The second-order valence-corrected chi connectivity index (χ2v) is 1.86. The lowest BCUT2D eigenvalue weighted by molar-refractivity contribution is 0.281. The highest BCUT2D eigenvalue weighted by atomic mass is 16.3. The lowest BCUT2D eigenvalue weighted by atomic mass is 10.3. The Morgan fingerprint density at radius 3 is 3.00 bits per heavy atom. The van der Waals surface area contributed by atoms with Gasteiger partial charge in [-0.3, -0.25) is 4.79 Å². The predicted molar refractivity (Wildman–Crippen MR) is 36.4 cm³/mol. The van der Waals surface area contributed by atoms with Crippen LogP contribution in [0.1, 0.15) is 5.56 Å². The summed E-state index contributed by atoms with van der Waals surface area (Å²) in [5, 5.41) is 8.60. The standard InChI is InChI=1S/C7H7NO2/c9-5-6-2-1-3-7(10)8-4-6/h1-4,9H,5H2. The van der Waals surface area contributed by atoms with Gasteiger partial charge in [0.2, 0.25) is 0 Å². The molecule has 0 spiro atoms. The molecule has 3 nitrogen and oxygen atoms in total. The molecule has 0 radical (unpaired) electrons. The molecule has 0 aromatic carbocycles. The fraction of sp³-hybridized carbons (Fsp3) is 0.143. The van der Waals surface area contributed by atoms with E-state index in [4.69, 9.17) is 5.11 Å². The van der Waals surface area contributed by atoms with Crippen molar-refractivity contribution in [1.29, 1.82) is 0 Å². The average molecular weight is 137 g/mol. The first-order valence-corrected chi connectivity index (χ1v) is 2.89. The van der Waals surface area contributed by atoms with Gasteiger partial charge in [-0.25, -0.2) is 4.98 Å². The Bertz CT molecular complexity index is 272. The predicted octanol–water partition coefficient (Wildman–Crippen LogP) is -0.0659. The van der Waals surface area contributed by atoms with E-state index in [1.54, 1.807) is 12.1 Å². The third-order valence-electron chi connectivity index (χ3n) is 1.09. The van der Waals surface area contributed by atoms with Gasteiger partial charge in [-0.1, -0.05) is 12.1 Å². The Labute approximate surface area is 58.0 Å². The number of rotatable bonds is 1. The van der Waals surface area contributed by atoms with E-state index in [9.17, 15) is 4.79 Å². The Hall–Kier alpha value is -1.22. The van der Waals surface area contributed by atoms with E-state index in [1.807, 2.05) is 0 Å². The zero-order chi connectivity index (χ0) is 7.40. The third-order valence-corrected chi connectivity index (χ3v) is 1.09. The summed E-state index contributed by atoms with van der Waals surface area (Å²) in [4.78, 5) is 14.0. The minimum atomic E-state index is -0.292. The van der Waals surface area contributed by atoms with Crippen LogP contribution in [0.2, 0.25) is 0 Å². The average Bonchev–Trinajstić information content (AvgIpc) is 2.14. The van der Waals surface area contributed by atoms with Crippen LogP contribution in [0.5, 0.6) is 0 Å². The molecular formula is C7H7NO2. The van der Waals surface area contributed by atoms with Gasteiger partial charge in [-0.15, -0.1) is 0 Å². The monoisotopic (exact) mass is 137 g/mol. The first-order chi connectivity index (χ1) is 4.83. The highest BCUT2D eigenvalue weighted by molar-refractivity contribution is 5.06. The molecule has 0 unspecified atom stereocenters. The fourth-order valence-corrected chi connectivity index (χ4v) is 0.580. The lowest BCUT2D eigenvalue weighted by Crippen LogP contribution is -1.96. The normalized spacial score (nSPS) is 9.30. The molecule has 3 heteroatoms. The van der Waals surface area contributed by atoms with Crippen molar-refractivity contribution in [3.05, 3.63) is 40.3 Å². The van der Waals surface area contributed by atoms with Crippen LogP contribution in [-0.2, 0) is 6.61 Å². The molecular weight excluding hydrogens is 130 g/mol. The topological polar surface area (TPSA) is 50.2 Å². The van der Waals surface area contributed by atoms with Gasteiger partial charge < -0.3 is 5.11 Å². The highest BCUT2D eigenvalue weighted by Crippen LogP contribution is 1.89. The maximum absolute atomic E-state index is 10.5. The second-order valence-electron chi connectivity index (χ2n) is 1.86. The van der Waals surface area contributed by atoms with Crippen molar-refractivity contribution in [2.45, 2.75) is 6.61 Å². The molecule has 1 heterocycles. The van der Waals surface area contributed by atoms with E-state index >= 15 is 0 Å². The Balaban J connectivity index is 3.16. The van der Waals surface area contributed by atoms with Crippen LogP contribution >= 0.6 is 0 Å². The first-order valence-electron chi connectivity index (χ1n) is 2.89. The van der Waals surface area contributed by atoms with Crippen LogP contribution in [0, 0.1) is 0 Å². The van der Waals surface area contributed by atoms with Gasteiger partial charge in [0.05, 0.1) is 6.61 Å². The SMILES string of the molecule is O=c1cccc(CO)cn1. The van der Waals surface area contributed by atoms with E-state index in [1.165, 1.54) is 12.3 Å². The van der Waals surface area contributed by atoms with Crippen molar-refractivity contribution in [3.8, 4) is 0 Å². The molecule has 0 fully saturated rings. The lowest BCUT2D eigenvalue weighted by Gasteiger charge is -1.83. The fourth-order valence-electron chi connectivity index (χ4n) is 0.580. The highest BCUT2D eigenvalue weighted by Gasteiger charge is 1.84. The molecule has 0 aliphatic rings. The summed E-state index contributed by atoms with van der Waals surface area (Å²) < 4.78 is 0. The first kappa shape index (κ1) is 6.89. The van der Waals surface area contributed by atoms with E-state index < -0.39 is 0 Å². The minimum absolute atomic E-state index is 0.0822. The van der Waals surface area contributed by atoms with Crippen LogP contribution in [0.3, 0.4) is 0 Å². The van der Waals surface area contributed by atoms with Crippen molar-refractivity contribution >= 4 is 0 Å². The minimum Gasteiger partial charge on any atom is -0.392 e. The molecule has 0 saturated carbocycles. The van der Waals surface area contributed by atoms with Gasteiger partial charge in [-0.2, -0.15) is 0 Å². The summed E-state index contributed by atoms with van der Waals surface area (Å²) in [7, 11) is 0. The number of aliphatic hydroxyl groups excluding tert-OH is 1. The van der Waals surface area contributed by atoms with Gasteiger partial charge in [0.1, 0.15) is 0 Å². The van der Waals surface area contributed by atoms with E-state index in [2.05, 4.69) is 4.98 Å². The molecule has 0 atom stereocenters. The smallest absolute Gasteiger partial charge is 0.269 e. The van der Waals surface area contributed by atoms with Crippen molar-refractivity contribution in [2.75, 3.05) is 0 Å². The summed E-state index contributed by atoms with van der Waals surface area (Å²) in [5.41, 5.74) is 0.349. The summed E-state index contributed by atoms with van der Waals surface area (Å²) >= 11 is 0. The molecule has 0 aliphatic carbocycles. The Morgan fingerprint density at radius 2 is 2.30 bits per heavy atom. The summed E-state index contributed by atoms with van der Waals surface area (Å²) in [6, 6.07) is 4.56. The van der Waals surface area contributed by atoms with Crippen molar-refractivity contribution in [2.24, 2.45) is 0 Å². The Kier molecular flexibility index (Phi) is 2.12. The van der Waals surface area contributed by atoms with E-state index in [-0.39, 0.29) is 12.2 Å². The van der Waals surface area contributed by atoms with Crippen molar-refractivity contribution < 1.29 is 5.11 Å². The van der Waals surface area contributed by atoms with Crippen molar-refractivity contribution in [1.82, 2.24) is 4.98 Å². The van der Waals surface area contributed by atoms with E-state index in [0.717, 1.165) is 0 Å².